The van der Waals surface area contributed by atoms with E-state index in [1.807, 2.05) is 31.2 Å². The highest BCUT2D eigenvalue weighted by Crippen LogP contribution is 2.34. The van der Waals surface area contributed by atoms with Crippen molar-refractivity contribution in [1.82, 2.24) is 10.1 Å². The summed E-state index contributed by atoms with van der Waals surface area (Å²) < 4.78 is 10.7. The van der Waals surface area contributed by atoms with Crippen LogP contribution in [0, 0.1) is 6.92 Å². The Bertz CT molecular complexity index is 849. The Morgan fingerprint density at radius 3 is 2.61 bits per heavy atom. The topological polar surface area (TPSA) is 48.2 Å². The van der Waals surface area contributed by atoms with E-state index in [0.29, 0.717) is 32.5 Å². The average Bonchev–Trinajstić information content (AvgIpc) is 2.98. The number of benzene rings is 2. The number of aromatic nitrogens is 2. The largest absolute Gasteiger partial charge is 0.482 e. The van der Waals surface area contributed by atoms with Crippen LogP contribution >= 0.6 is 34.8 Å². The maximum Gasteiger partial charge on any atom is 0.264 e. The van der Waals surface area contributed by atoms with Gasteiger partial charge >= 0.3 is 0 Å². The van der Waals surface area contributed by atoms with Crippen LogP contribution < -0.4 is 4.74 Å². The highest BCUT2D eigenvalue weighted by Gasteiger charge is 2.12. The molecular weight excluding hydrogens is 359 g/mol. The van der Waals surface area contributed by atoms with Crippen LogP contribution in [0.4, 0.5) is 0 Å². The van der Waals surface area contributed by atoms with E-state index < -0.39 is 0 Å². The van der Waals surface area contributed by atoms with Crippen LogP contribution in [0.15, 0.2) is 40.9 Å². The number of halogens is 3. The second kappa shape index (κ2) is 6.79. The van der Waals surface area contributed by atoms with Crippen molar-refractivity contribution in [3.8, 4) is 17.1 Å². The van der Waals surface area contributed by atoms with E-state index in [1.54, 1.807) is 6.07 Å². The van der Waals surface area contributed by atoms with Gasteiger partial charge in [-0.25, -0.2) is 0 Å². The van der Waals surface area contributed by atoms with Crippen molar-refractivity contribution in [2.75, 3.05) is 0 Å². The number of ether oxygens (including phenoxy) is 1. The van der Waals surface area contributed by atoms with Crippen molar-refractivity contribution >= 4 is 34.8 Å². The van der Waals surface area contributed by atoms with Gasteiger partial charge in [0.05, 0.1) is 15.1 Å². The summed E-state index contributed by atoms with van der Waals surface area (Å²) in [7, 11) is 0. The zero-order valence-corrected chi connectivity index (χ0v) is 14.3. The molecule has 0 bridgehead atoms. The number of hydrogen-bond donors (Lipinski definition) is 0. The molecule has 0 spiro atoms. The minimum atomic E-state index is 0.0799. The molecule has 0 N–H and O–H groups in total. The molecule has 1 heterocycles. The van der Waals surface area contributed by atoms with Gasteiger partial charge in [0, 0.05) is 11.6 Å². The van der Waals surface area contributed by atoms with Gasteiger partial charge in [0.15, 0.2) is 6.61 Å². The van der Waals surface area contributed by atoms with Gasteiger partial charge in [-0.3, -0.25) is 0 Å². The maximum atomic E-state index is 6.05. The van der Waals surface area contributed by atoms with Crippen LogP contribution in [0.1, 0.15) is 11.5 Å². The molecule has 118 valence electrons. The van der Waals surface area contributed by atoms with Crippen LogP contribution in [0.3, 0.4) is 0 Å². The number of hydrogen-bond acceptors (Lipinski definition) is 4. The Morgan fingerprint density at radius 2 is 1.83 bits per heavy atom. The minimum absolute atomic E-state index is 0.0799. The molecule has 0 saturated carbocycles. The van der Waals surface area contributed by atoms with Gasteiger partial charge in [-0.2, -0.15) is 4.98 Å². The number of rotatable bonds is 4. The fraction of sp³-hybridized carbons (Fsp3) is 0.125. The summed E-state index contributed by atoms with van der Waals surface area (Å²) in [5, 5.41) is 5.03. The molecule has 3 rings (SSSR count). The monoisotopic (exact) mass is 368 g/mol. The summed E-state index contributed by atoms with van der Waals surface area (Å²) in [6, 6.07) is 10.9. The third-order valence-electron chi connectivity index (χ3n) is 3.07. The fourth-order valence-electron chi connectivity index (χ4n) is 1.97. The summed E-state index contributed by atoms with van der Waals surface area (Å²) in [6.07, 6.45) is 0. The van der Waals surface area contributed by atoms with Gasteiger partial charge in [0.25, 0.3) is 5.89 Å². The summed E-state index contributed by atoms with van der Waals surface area (Å²) in [6.45, 7) is 2.08. The molecular formula is C16H11Cl3N2O2. The first kappa shape index (κ1) is 16.1. The van der Waals surface area contributed by atoms with Crippen LogP contribution in [-0.2, 0) is 6.61 Å². The Kier molecular flexibility index (Phi) is 4.76. The molecule has 7 heteroatoms. The molecule has 0 aliphatic rings. The molecule has 2 aromatic carbocycles. The lowest BCUT2D eigenvalue weighted by Crippen LogP contribution is -1.96. The Balaban J connectivity index is 1.74. The van der Waals surface area contributed by atoms with Crippen molar-refractivity contribution in [1.29, 1.82) is 0 Å². The van der Waals surface area contributed by atoms with Crippen molar-refractivity contribution in [3.05, 3.63) is 62.9 Å². The maximum absolute atomic E-state index is 6.05. The van der Waals surface area contributed by atoms with Crippen LogP contribution in [-0.4, -0.2) is 10.1 Å². The molecule has 23 heavy (non-hydrogen) atoms. The molecule has 0 aliphatic heterocycles. The quantitative estimate of drug-likeness (QED) is 0.563. The highest BCUT2D eigenvalue weighted by molar-refractivity contribution is 6.43. The minimum Gasteiger partial charge on any atom is -0.482 e. The van der Waals surface area contributed by atoms with Gasteiger partial charge in [0.2, 0.25) is 5.82 Å². The molecule has 4 nitrogen and oxygen atoms in total. The Hall–Kier alpha value is -1.75. The molecule has 0 unspecified atom stereocenters. The van der Waals surface area contributed by atoms with Gasteiger partial charge in [-0.1, -0.05) is 63.7 Å². The van der Waals surface area contributed by atoms with Gasteiger partial charge < -0.3 is 9.26 Å². The first-order chi connectivity index (χ1) is 11.0. The summed E-state index contributed by atoms with van der Waals surface area (Å²) in [5.41, 5.74) is 2.00. The van der Waals surface area contributed by atoms with E-state index in [4.69, 9.17) is 44.1 Å². The summed E-state index contributed by atoms with van der Waals surface area (Å²) in [5.74, 6) is 1.24. The third-order valence-corrected chi connectivity index (χ3v) is 4.09. The Labute approximate surface area is 147 Å². The first-order valence-electron chi connectivity index (χ1n) is 6.70. The molecule has 0 amide bonds. The highest BCUT2D eigenvalue weighted by atomic mass is 35.5. The van der Waals surface area contributed by atoms with Crippen molar-refractivity contribution < 1.29 is 9.26 Å². The van der Waals surface area contributed by atoms with Crippen molar-refractivity contribution in [2.24, 2.45) is 0 Å². The van der Waals surface area contributed by atoms with E-state index in [0.717, 1.165) is 11.1 Å². The van der Waals surface area contributed by atoms with E-state index in [2.05, 4.69) is 10.1 Å². The lowest BCUT2D eigenvalue weighted by molar-refractivity contribution is 0.243. The first-order valence-corrected chi connectivity index (χ1v) is 7.83. The second-order valence-corrected chi connectivity index (χ2v) is 6.09. The molecule has 1 aromatic heterocycles. The van der Waals surface area contributed by atoms with E-state index in [1.165, 1.54) is 6.07 Å². The molecule has 3 aromatic rings. The fourth-order valence-corrected chi connectivity index (χ4v) is 2.56. The normalized spacial score (nSPS) is 10.8. The van der Waals surface area contributed by atoms with Gasteiger partial charge in [-0.15, -0.1) is 0 Å². The average molecular weight is 370 g/mol. The van der Waals surface area contributed by atoms with E-state index in [9.17, 15) is 0 Å². The molecule has 0 radical (unpaired) electrons. The van der Waals surface area contributed by atoms with Crippen LogP contribution in [0.5, 0.6) is 5.75 Å². The SMILES string of the molecule is Cc1cccc(-c2noc(COc3cc(Cl)c(Cl)cc3Cl)n2)c1. The van der Waals surface area contributed by atoms with Gasteiger partial charge in [0.1, 0.15) is 5.75 Å². The summed E-state index contributed by atoms with van der Waals surface area (Å²) >= 11 is 17.9. The molecule has 0 atom stereocenters. The number of aryl methyl sites for hydroxylation is 1. The van der Waals surface area contributed by atoms with E-state index in [-0.39, 0.29) is 6.61 Å². The third kappa shape index (κ3) is 3.78. The van der Waals surface area contributed by atoms with Crippen LogP contribution in [0.25, 0.3) is 11.4 Å². The molecule has 0 aliphatic carbocycles. The Morgan fingerprint density at radius 1 is 1.04 bits per heavy atom. The zero-order chi connectivity index (χ0) is 16.4. The van der Waals surface area contributed by atoms with Crippen molar-refractivity contribution in [3.63, 3.8) is 0 Å². The zero-order valence-electron chi connectivity index (χ0n) is 12.0. The van der Waals surface area contributed by atoms with Gasteiger partial charge in [-0.05, 0) is 19.1 Å². The van der Waals surface area contributed by atoms with Crippen LogP contribution in [0.2, 0.25) is 15.1 Å². The number of nitrogens with zero attached hydrogens (tertiary/aromatic N) is 2. The predicted molar refractivity (Wildman–Crippen MR) is 90.3 cm³/mol. The predicted octanol–water partition coefficient (Wildman–Crippen LogP) is 5.58. The standard InChI is InChI=1S/C16H11Cl3N2O2/c1-9-3-2-4-10(5-9)16-20-15(23-21-16)8-22-14-7-12(18)11(17)6-13(14)19/h2-7H,8H2,1H3. The van der Waals surface area contributed by atoms with Crippen molar-refractivity contribution in [2.45, 2.75) is 13.5 Å². The summed E-state index contributed by atoms with van der Waals surface area (Å²) in [4.78, 5) is 4.30. The molecule has 0 saturated heterocycles. The lowest BCUT2D eigenvalue weighted by atomic mass is 10.1. The smallest absolute Gasteiger partial charge is 0.264 e. The second-order valence-electron chi connectivity index (χ2n) is 4.87. The lowest BCUT2D eigenvalue weighted by Gasteiger charge is -2.06. The van der Waals surface area contributed by atoms with E-state index >= 15 is 0 Å². The molecule has 0 fully saturated rings.